The third-order valence-electron chi connectivity index (χ3n) is 3.97. The Balaban J connectivity index is 2.09. The Morgan fingerprint density at radius 2 is 2.12 bits per heavy atom. The predicted molar refractivity (Wildman–Crippen MR) is 89.8 cm³/mol. The fraction of sp³-hybridized carbons (Fsp3) is 0.529. The van der Waals surface area contributed by atoms with E-state index in [4.69, 9.17) is 19.3 Å². The van der Waals surface area contributed by atoms with Crippen molar-refractivity contribution in [2.24, 2.45) is 0 Å². The van der Waals surface area contributed by atoms with E-state index in [1.807, 2.05) is 17.0 Å². The molecular formula is C17H24N2O6. The molecule has 8 nitrogen and oxygen atoms in total. The first-order chi connectivity index (χ1) is 12.0. The first kappa shape index (κ1) is 19.0. The lowest BCUT2D eigenvalue weighted by molar-refractivity contribution is -0.143. The van der Waals surface area contributed by atoms with E-state index in [1.165, 1.54) is 0 Å². The van der Waals surface area contributed by atoms with E-state index in [9.17, 15) is 9.59 Å². The minimum atomic E-state index is -0.994. The van der Waals surface area contributed by atoms with Gasteiger partial charge >= 0.3 is 5.97 Å². The molecule has 1 aliphatic rings. The van der Waals surface area contributed by atoms with Crippen molar-refractivity contribution in [2.75, 3.05) is 40.5 Å². The predicted octanol–water partition coefficient (Wildman–Crippen LogP) is 0.496. The van der Waals surface area contributed by atoms with Crippen molar-refractivity contribution in [3.63, 3.8) is 0 Å². The van der Waals surface area contributed by atoms with Crippen molar-refractivity contribution in [3.05, 3.63) is 23.8 Å². The van der Waals surface area contributed by atoms with Crippen molar-refractivity contribution in [2.45, 2.75) is 19.0 Å². The van der Waals surface area contributed by atoms with Crippen LogP contribution in [-0.2, 0) is 20.9 Å². The van der Waals surface area contributed by atoms with Gasteiger partial charge in [0.05, 0.1) is 20.1 Å². The summed E-state index contributed by atoms with van der Waals surface area (Å²) in [5.41, 5.74) is 0.918. The van der Waals surface area contributed by atoms with Crippen LogP contribution in [0.15, 0.2) is 18.2 Å². The Bertz CT molecular complexity index is 607. The summed E-state index contributed by atoms with van der Waals surface area (Å²) in [6.07, 6.45) is -0.221. The minimum absolute atomic E-state index is 0.221. The van der Waals surface area contributed by atoms with Crippen LogP contribution >= 0.6 is 0 Å². The molecule has 25 heavy (non-hydrogen) atoms. The van der Waals surface area contributed by atoms with Gasteiger partial charge in [-0.1, -0.05) is 6.07 Å². The number of benzene rings is 1. The number of aliphatic carboxylic acids is 1. The number of ether oxygens (including phenoxy) is 3. The van der Waals surface area contributed by atoms with Gasteiger partial charge in [-0.05, 0) is 17.7 Å². The van der Waals surface area contributed by atoms with E-state index in [-0.39, 0.29) is 12.3 Å². The maximum absolute atomic E-state index is 12.0. The summed E-state index contributed by atoms with van der Waals surface area (Å²) in [6.45, 7) is 2.45. The molecule has 0 bridgehead atoms. The number of hydrogen-bond donors (Lipinski definition) is 2. The molecule has 1 heterocycles. The van der Waals surface area contributed by atoms with Crippen LogP contribution in [0.25, 0.3) is 0 Å². The molecule has 2 N–H and O–H groups in total. The smallest absolute Gasteiger partial charge is 0.305 e. The molecule has 1 aromatic rings. The standard InChI is InChI=1S/C17H24N2O6/c1-23-7-8-25-14-4-3-12(9-15(14)24-2)11-19-6-5-18-17(22)13(19)10-16(20)21/h3-4,9,13H,5-8,10-11H2,1-2H3,(H,18,22)(H,20,21). The zero-order valence-electron chi connectivity index (χ0n) is 14.5. The normalized spacial score (nSPS) is 17.8. The number of carboxylic acids is 1. The Morgan fingerprint density at radius 3 is 2.80 bits per heavy atom. The Hall–Kier alpha value is -2.32. The molecule has 0 saturated carbocycles. The van der Waals surface area contributed by atoms with Gasteiger partial charge in [-0.15, -0.1) is 0 Å². The number of carbonyl (C=O) groups excluding carboxylic acids is 1. The molecule has 1 saturated heterocycles. The van der Waals surface area contributed by atoms with E-state index in [0.29, 0.717) is 44.3 Å². The Morgan fingerprint density at radius 1 is 1.32 bits per heavy atom. The Labute approximate surface area is 146 Å². The maximum atomic E-state index is 12.0. The molecular weight excluding hydrogens is 328 g/mol. The van der Waals surface area contributed by atoms with Gasteiger partial charge in [0.25, 0.3) is 0 Å². The third kappa shape index (κ3) is 5.33. The van der Waals surface area contributed by atoms with E-state index in [0.717, 1.165) is 5.56 Å². The van der Waals surface area contributed by atoms with E-state index in [2.05, 4.69) is 5.32 Å². The topological polar surface area (TPSA) is 97.3 Å². The van der Waals surface area contributed by atoms with E-state index >= 15 is 0 Å². The molecule has 0 aromatic heterocycles. The Kier molecular flexibility index (Phi) is 7.03. The van der Waals surface area contributed by atoms with Crippen LogP contribution in [0.3, 0.4) is 0 Å². The maximum Gasteiger partial charge on any atom is 0.305 e. The number of hydrogen-bond acceptors (Lipinski definition) is 6. The third-order valence-corrected chi connectivity index (χ3v) is 3.97. The summed E-state index contributed by atoms with van der Waals surface area (Å²) >= 11 is 0. The molecule has 1 amide bonds. The van der Waals surface area contributed by atoms with Gasteiger partial charge in [-0.3, -0.25) is 14.5 Å². The lowest BCUT2D eigenvalue weighted by Gasteiger charge is -2.34. The number of amides is 1. The van der Waals surface area contributed by atoms with Gasteiger partial charge in [-0.25, -0.2) is 0 Å². The van der Waals surface area contributed by atoms with Crippen LogP contribution in [0, 0.1) is 0 Å². The van der Waals surface area contributed by atoms with Gasteiger partial charge in [0.1, 0.15) is 12.6 Å². The summed E-state index contributed by atoms with van der Waals surface area (Å²) in [5.74, 6) is -0.0433. The fourth-order valence-corrected chi connectivity index (χ4v) is 2.74. The minimum Gasteiger partial charge on any atom is -0.493 e. The lowest BCUT2D eigenvalue weighted by atomic mass is 10.1. The summed E-state index contributed by atoms with van der Waals surface area (Å²) < 4.78 is 15.9. The molecule has 0 spiro atoms. The van der Waals surface area contributed by atoms with Crippen LogP contribution < -0.4 is 14.8 Å². The van der Waals surface area contributed by atoms with Gasteiger partial charge in [0.2, 0.25) is 5.91 Å². The second-order valence-electron chi connectivity index (χ2n) is 5.70. The zero-order valence-corrected chi connectivity index (χ0v) is 14.5. The first-order valence-corrected chi connectivity index (χ1v) is 8.07. The second kappa shape index (κ2) is 9.24. The number of rotatable bonds is 9. The number of carbonyl (C=O) groups is 2. The molecule has 1 atom stereocenters. The average Bonchev–Trinajstić information content (AvgIpc) is 2.59. The van der Waals surface area contributed by atoms with Crippen molar-refractivity contribution in [1.29, 1.82) is 0 Å². The highest BCUT2D eigenvalue weighted by Gasteiger charge is 2.31. The summed E-state index contributed by atoms with van der Waals surface area (Å²) in [4.78, 5) is 24.9. The highest BCUT2D eigenvalue weighted by Crippen LogP contribution is 2.29. The molecule has 8 heteroatoms. The van der Waals surface area contributed by atoms with Crippen molar-refractivity contribution >= 4 is 11.9 Å². The SMILES string of the molecule is COCCOc1ccc(CN2CCNC(=O)C2CC(=O)O)cc1OC. The number of methoxy groups -OCH3 is 2. The van der Waals surface area contributed by atoms with Crippen molar-refractivity contribution in [3.8, 4) is 11.5 Å². The molecule has 1 fully saturated rings. The largest absolute Gasteiger partial charge is 0.493 e. The van der Waals surface area contributed by atoms with Gasteiger partial charge in [0.15, 0.2) is 11.5 Å². The number of carboxylic acid groups (broad SMARTS) is 1. The van der Waals surface area contributed by atoms with Crippen LogP contribution in [-0.4, -0.2) is 68.4 Å². The van der Waals surface area contributed by atoms with Gasteiger partial charge in [0, 0.05) is 26.7 Å². The molecule has 0 aliphatic carbocycles. The molecule has 0 radical (unpaired) electrons. The van der Waals surface area contributed by atoms with Crippen LogP contribution in [0.1, 0.15) is 12.0 Å². The lowest BCUT2D eigenvalue weighted by Crippen LogP contribution is -2.55. The van der Waals surface area contributed by atoms with Crippen LogP contribution in [0.5, 0.6) is 11.5 Å². The number of nitrogens with zero attached hydrogens (tertiary/aromatic N) is 1. The summed E-state index contributed by atoms with van der Waals surface area (Å²) in [5, 5.41) is 11.7. The molecule has 1 aromatic carbocycles. The highest BCUT2D eigenvalue weighted by molar-refractivity contribution is 5.86. The van der Waals surface area contributed by atoms with Crippen molar-refractivity contribution in [1.82, 2.24) is 10.2 Å². The average molecular weight is 352 g/mol. The number of piperazine rings is 1. The van der Waals surface area contributed by atoms with E-state index < -0.39 is 12.0 Å². The molecule has 138 valence electrons. The molecule has 2 rings (SSSR count). The van der Waals surface area contributed by atoms with Crippen LogP contribution in [0.2, 0.25) is 0 Å². The van der Waals surface area contributed by atoms with E-state index in [1.54, 1.807) is 20.3 Å². The summed E-state index contributed by atoms with van der Waals surface area (Å²) in [7, 11) is 3.16. The molecule has 1 unspecified atom stereocenters. The zero-order chi connectivity index (χ0) is 18.2. The number of nitrogens with one attached hydrogen (secondary N) is 1. The van der Waals surface area contributed by atoms with Crippen molar-refractivity contribution < 1.29 is 28.9 Å². The summed E-state index contributed by atoms with van der Waals surface area (Å²) in [6, 6.07) is 4.86. The monoisotopic (exact) mass is 352 g/mol. The molecule has 1 aliphatic heterocycles. The highest BCUT2D eigenvalue weighted by atomic mass is 16.5. The van der Waals surface area contributed by atoms with Gasteiger partial charge in [-0.2, -0.15) is 0 Å². The van der Waals surface area contributed by atoms with Gasteiger partial charge < -0.3 is 24.6 Å². The fourth-order valence-electron chi connectivity index (χ4n) is 2.74. The van der Waals surface area contributed by atoms with Crippen LogP contribution in [0.4, 0.5) is 0 Å². The quantitative estimate of drug-likeness (QED) is 0.625. The first-order valence-electron chi connectivity index (χ1n) is 8.07. The second-order valence-corrected chi connectivity index (χ2v) is 5.70.